The molecule has 4 nitrogen and oxygen atoms in total. The normalized spacial score (nSPS) is 20.1. The first kappa shape index (κ1) is 20.1. The molecule has 1 aromatic carbocycles. The van der Waals surface area contributed by atoms with Gasteiger partial charge in [-0.1, -0.05) is 37.5 Å². The fourth-order valence-electron chi connectivity index (χ4n) is 4.09. The number of carbonyl (C=O) groups is 1. The van der Waals surface area contributed by atoms with E-state index in [1.165, 1.54) is 38.2 Å². The molecule has 1 heterocycles. The summed E-state index contributed by atoms with van der Waals surface area (Å²) in [7, 11) is 1.77. The Hall–Kier alpha value is -1.17. The molecule has 1 spiro atoms. The van der Waals surface area contributed by atoms with Crippen LogP contribution in [0.2, 0.25) is 0 Å². The van der Waals surface area contributed by atoms with Gasteiger partial charge < -0.3 is 10.2 Å². The van der Waals surface area contributed by atoms with Crippen molar-refractivity contribution in [2.75, 3.05) is 33.2 Å². The number of hydrogen-bond donors (Lipinski definition) is 1. The molecule has 3 rings (SSSR count). The van der Waals surface area contributed by atoms with E-state index in [4.69, 9.17) is 0 Å². The van der Waals surface area contributed by atoms with Crippen LogP contribution in [0.5, 0.6) is 0 Å². The Kier molecular flexibility index (Phi) is 7.23. The highest BCUT2D eigenvalue weighted by atomic mass is 35.5. The molecule has 1 N–H and O–H groups in total. The van der Waals surface area contributed by atoms with Crippen molar-refractivity contribution in [2.45, 2.75) is 44.2 Å². The summed E-state index contributed by atoms with van der Waals surface area (Å²) >= 11 is 0. The maximum atomic E-state index is 13.8. The topological polar surface area (TPSA) is 35.6 Å². The van der Waals surface area contributed by atoms with Gasteiger partial charge in [0.25, 0.3) is 0 Å². The van der Waals surface area contributed by atoms with E-state index in [0.29, 0.717) is 18.7 Å². The van der Waals surface area contributed by atoms with Gasteiger partial charge in [0.15, 0.2) is 0 Å². The van der Waals surface area contributed by atoms with E-state index in [0.717, 1.165) is 19.6 Å². The molecule has 2 fully saturated rings. The van der Waals surface area contributed by atoms with Crippen molar-refractivity contribution in [1.29, 1.82) is 0 Å². The summed E-state index contributed by atoms with van der Waals surface area (Å²) in [4.78, 5) is 16.7. The third kappa shape index (κ3) is 4.72. The largest absolute Gasteiger partial charge is 0.340 e. The van der Waals surface area contributed by atoms with Crippen LogP contribution in [0.3, 0.4) is 0 Å². The Balaban J connectivity index is 0.00000225. The molecular formula is C19H29ClFN3O. The first-order valence-corrected chi connectivity index (χ1v) is 9.04. The lowest BCUT2D eigenvalue weighted by molar-refractivity contribution is -0.134. The molecule has 6 heteroatoms. The number of piperazine rings is 1. The van der Waals surface area contributed by atoms with Gasteiger partial charge in [-0.2, -0.15) is 0 Å². The highest BCUT2D eigenvalue weighted by Gasteiger charge is 2.40. The molecule has 0 bridgehead atoms. The van der Waals surface area contributed by atoms with Crippen LogP contribution in [0.1, 0.15) is 37.7 Å². The van der Waals surface area contributed by atoms with Crippen LogP contribution in [0.15, 0.2) is 24.3 Å². The first-order valence-electron chi connectivity index (χ1n) is 9.04. The summed E-state index contributed by atoms with van der Waals surface area (Å²) in [5.74, 6) is -0.173. The molecule has 0 unspecified atom stereocenters. The van der Waals surface area contributed by atoms with E-state index in [1.54, 1.807) is 24.1 Å². The monoisotopic (exact) mass is 369 g/mol. The van der Waals surface area contributed by atoms with Crippen molar-refractivity contribution in [1.82, 2.24) is 15.1 Å². The van der Waals surface area contributed by atoms with Crippen molar-refractivity contribution < 1.29 is 9.18 Å². The second-order valence-electron chi connectivity index (χ2n) is 7.22. The van der Waals surface area contributed by atoms with Gasteiger partial charge in [-0.25, -0.2) is 4.39 Å². The maximum Gasteiger partial charge on any atom is 0.236 e. The Morgan fingerprint density at radius 1 is 1.28 bits per heavy atom. The lowest BCUT2D eigenvalue weighted by Gasteiger charge is -2.49. The van der Waals surface area contributed by atoms with Crippen molar-refractivity contribution in [3.8, 4) is 0 Å². The number of benzene rings is 1. The molecule has 1 aliphatic heterocycles. The van der Waals surface area contributed by atoms with Crippen molar-refractivity contribution in [3.63, 3.8) is 0 Å². The van der Waals surface area contributed by atoms with Crippen LogP contribution >= 0.6 is 12.4 Å². The lowest BCUT2D eigenvalue weighted by atomic mass is 9.79. The Morgan fingerprint density at radius 3 is 2.72 bits per heavy atom. The lowest BCUT2D eigenvalue weighted by Crippen LogP contribution is -2.63. The van der Waals surface area contributed by atoms with Crippen molar-refractivity contribution in [2.24, 2.45) is 0 Å². The Morgan fingerprint density at radius 2 is 2.00 bits per heavy atom. The average Bonchev–Trinajstić information content (AvgIpc) is 2.60. The second kappa shape index (κ2) is 8.97. The molecule has 2 aliphatic rings. The summed E-state index contributed by atoms with van der Waals surface area (Å²) in [6, 6.07) is 6.67. The van der Waals surface area contributed by atoms with E-state index in [-0.39, 0.29) is 29.7 Å². The smallest absolute Gasteiger partial charge is 0.236 e. The van der Waals surface area contributed by atoms with E-state index in [2.05, 4.69) is 10.2 Å². The third-order valence-corrected chi connectivity index (χ3v) is 5.58. The van der Waals surface area contributed by atoms with Crippen molar-refractivity contribution >= 4 is 18.3 Å². The zero-order valence-electron chi connectivity index (χ0n) is 15.0. The first-order chi connectivity index (χ1) is 11.6. The van der Waals surface area contributed by atoms with E-state index < -0.39 is 0 Å². The average molecular weight is 370 g/mol. The van der Waals surface area contributed by atoms with E-state index in [9.17, 15) is 9.18 Å². The van der Waals surface area contributed by atoms with Gasteiger partial charge in [0.1, 0.15) is 5.82 Å². The van der Waals surface area contributed by atoms with Gasteiger partial charge in [0.05, 0.1) is 6.54 Å². The van der Waals surface area contributed by atoms with Crippen LogP contribution < -0.4 is 5.32 Å². The molecule has 1 amide bonds. The number of rotatable bonds is 4. The number of halogens is 2. The number of carbonyl (C=O) groups excluding carboxylic acids is 1. The van der Waals surface area contributed by atoms with E-state index >= 15 is 0 Å². The fourth-order valence-corrected chi connectivity index (χ4v) is 4.09. The molecule has 0 aromatic heterocycles. The zero-order chi connectivity index (χ0) is 17.0. The summed E-state index contributed by atoms with van der Waals surface area (Å²) in [6.45, 7) is 3.60. The molecule has 1 aromatic rings. The Labute approximate surface area is 156 Å². The van der Waals surface area contributed by atoms with Crippen LogP contribution in [-0.4, -0.2) is 54.5 Å². The van der Waals surface area contributed by atoms with Crippen LogP contribution in [0.4, 0.5) is 4.39 Å². The highest BCUT2D eigenvalue weighted by Crippen LogP contribution is 2.34. The van der Waals surface area contributed by atoms with Crippen molar-refractivity contribution in [3.05, 3.63) is 35.6 Å². The third-order valence-electron chi connectivity index (χ3n) is 5.58. The Bertz CT molecular complexity index is 569. The van der Waals surface area contributed by atoms with Gasteiger partial charge in [-0.3, -0.25) is 9.69 Å². The van der Waals surface area contributed by atoms with Crippen LogP contribution in [0, 0.1) is 5.82 Å². The molecule has 0 atom stereocenters. The number of likely N-dealkylation sites (N-methyl/N-ethyl adjacent to an activating group) is 1. The quantitative estimate of drug-likeness (QED) is 0.886. The number of nitrogens with one attached hydrogen (secondary N) is 1. The summed E-state index contributed by atoms with van der Waals surface area (Å²) in [5, 5.41) is 3.51. The van der Waals surface area contributed by atoms with Gasteiger partial charge >= 0.3 is 0 Å². The molecule has 1 saturated carbocycles. The number of hydrogen-bond acceptors (Lipinski definition) is 3. The molecule has 1 saturated heterocycles. The predicted octanol–water partition coefficient (Wildman–Crippen LogP) is 2.81. The molecule has 140 valence electrons. The number of amides is 1. The van der Waals surface area contributed by atoms with Gasteiger partial charge in [-0.15, -0.1) is 12.4 Å². The minimum atomic E-state index is -0.247. The second-order valence-corrected chi connectivity index (χ2v) is 7.22. The minimum absolute atomic E-state index is 0. The van der Waals surface area contributed by atoms with Gasteiger partial charge in [0.2, 0.25) is 5.91 Å². The summed E-state index contributed by atoms with van der Waals surface area (Å²) in [5.41, 5.74) is 0.714. The van der Waals surface area contributed by atoms with Gasteiger partial charge in [-0.05, 0) is 18.9 Å². The standard InChI is InChI=1S/C19H28FN3O.ClH/c1-22(13-16-7-3-4-8-17(16)20)18(24)14-23-12-11-21-15-19(23)9-5-2-6-10-19;/h3-4,7-8,21H,2,5-6,9-15H2,1H3;1H. The summed E-state index contributed by atoms with van der Waals surface area (Å²) < 4.78 is 13.8. The minimum Gasteiger partial charge on any atom is -0.340 e. The van der Waals surface area contributed by atoms with Gasteiger partial charge in [0, 0.05) is 44.3 Å². The van der Waals surface area contributed by atoms with Crippen LogP contribution in [-0.2, 0) is 11.3 Å². The van der Waals surface area contributed by atoms with Crippen LogP contribution in [0.25, 0.3) is 0 Å². The predicted molar refractivity (Wildman–Crippen MR) is 100 cm³/mol. The summed E-state index contributed by atoms with van der Waals surface area (Å²) in [6.07, 6.45) is 6.14. The zero-order valence-corrected chi connectivity index (χ0v) is 15.8. The molecule has 0 radical (unpaired) electrons. The molecule has 1 aliphatic carbocycles. The fraction of sp³-hybridized carbons (Fsp3) is 0.632. The maximum absolute atomic E-state index is 13.8. The van der Waals surface area contributed by atoms with E-state index in [1.807, 2.05) is 6.07 Å². The molecule has 25 heavy (non-hydrogen) atoms. The molecular weight excluding hydrogens is 341 g/mol. The highest BCUT2D eigenvalue weighted by molar-refractivity contribution is 5.85. The SMILES string of the molecule is CN(Cc1ccccc1F)C(=O)CN1CCNCC12CCCCC2.Cl. The number of nitrogens with zero attached hydrogens (tertiary/aromatic N) is 2.